The van der Waals surface area contributed by atoms with E-state index in [9.17, 15) is 4.79 Å². The predicted octanol–water partition coefficient (Wildman–Crippen LogP) is 4.87. The molecule has 0 bridgehead atoms. The lowest BCUT2D eigenvalue weighted by atomic mass is 9.87. The molecule has 0 radical (unpaired) electrons. The molecular formula is C18H28O3. The lowest BCUT2D eigenvalue weighted by molar-refractivity contribution is -0.376. The third kappa shape index (κ3) is 6.87. The van der Waals surface area contributed by atoms with Gasteiger partial charge in [0, 0.05) is 11.8 Å². The van der Waals surface area contributed by atoms with E-state index in [1.165, 1.54) is 0 Å². The van der Waals surface area contributed by atoms with Crippen molar-refractivity contribution in [2.75, 3.05) is 0 Å². The van der Waals surface area contributed by atoms with E-state index in [-0.39, 0.29) is 22.9 Å². The zero-order chi connectivity index (χ0) is 16.1. The van der Waals surface area contributed by atoms with Crippen molar-refractivity contribution in [3.8, 4) is 0 Å². The standard InChI is InChI=1S/C18H28O3/c1-17(2,3)16(19)13-12-15(20-21-18(4,5)6)14-10-8-7-9-11-14/h7-11,15H,12-13H2,1-6H3. The van der Waals surface area contributed by atoms with Gasteiger partial charge in [0.05, 0.1) is 5.60 Å². The van der Waals surface area contributed by atoms with Gasteiger partial charge in [-0.1, -0.05) is 51.1 Å². The van der Waals surface area contributed by atoms with Crippen LogP contribution in [0.5, 0.6) is 0 Å². The summed E-state index contributed by atoms with van der Waals surface area (Å²) in [6.45, 7) is 11.7. The van der Waals surface area contributed by atoms with Crippen LogP contribution in [0.3, 0.4) is 0 Å². The van der Waals surface area contributed by atoms with Crippen LogP contribution in [0.15, 0.2) is 30.3 Å². The smallest absolute Gasteiger partial charge is 0.138 e. The third-order valence-electron chi connectivity index (χ3n) is 3.06. The molecule has 0 aliphatic rings. The second kappa shape index (κ2) is 7.19. The van der Waals surface area contributed by atoms with Gasteiger partial charge in [-0.2, -0.15) is 0 Å². The van der Waals surface area contributed by atoms with E-state index in [1.54, 1.807) is 0 Å². The van der Waals surface area contributed by atoms with Crippen LogP contribution >= 0.6 is 0 Å². The molecule has 21 heavy (non-hydrogen) atoms. The van der Waals surface area contributed by atoms with Gasteiger partial charge < -0.3 is 0 Å². The summed E-state index contributed by atoms with van der Waals surface area (Å²) in [6.07, 6.45) is 0.879. The number of ketones is 1. The van der Waals surface area contributed by atoms with Crippen molar-refractivity contribution in [2.45, 2.75) is 66.1 Å². The van der Waals surface area contributed by atoms with Crippen molar-refractivity contribution in [3.63, 3.8) is 0 Å². The number of hydrogen-bond acceptors (Lipinski definition) is 3. The lowest BCUT2D eigenvalue weighted by Crippen LogP contribution is -2.23. The minimum atomic E-state index is -0.374. The highest BCUT2D eigenvalue weighted by molar-refractivity contribution is 5.83. The molecular weight excluding hydrogens is 264 g/mol. The average molecular weight is 292 g/mol. The molecule has 0 fully saturated rings. The summed E-state index contributed by atoms with van der Waals surface area (Å²) in [5.74, 6) is 0.239. The summed E-state index contributed by atoms with van der Waals surface area (Å²) >= 11 is 0. The minimum Gasteiger partial charge on any atom is -0.299 e. The van der Waals surface area contributed by atoms with E-state index in [2.05, 4.69) is 0 Å². The van der Waals surface area contributed by atoms with E-state index in [0.717, 1.165) is 5.56 Å². The maximum atomic E-state index is 12.1. The first-order valence-electron chi connectivity index (χ1n) is 7.52. The Morgan fingerprint density at radius 1 is 1.05 bits per heavy atom. The first-order valence-corrected chi connectivity index (χ1v) is 7.52. The molecule has 0 aromatic heterocycles. The van der Waals surface area contributed by atoms with Crippen molar-refractivity contribution in [2.24, 2.45) is 5.41 Å². The highest BCUT2D eigenvalue weighted by atomic mass is 17.2. The molecule has 1 aromatic rings. The van der Waals surface area contributed by atoms with Gasteiger partial charge in [0.1, 0.15) is 11.9 Å². The van der Waals surface area contributed by atoms with Crippen LogP contribution in [-0.4, -0.2) is 11.4 Å². The Hall–Kier alpha value is -1.19. The van der Waals surface area contributed by atoms with Gasteiger partial charge >= 0.3 is 0 Å². The van der Waals surface area contributed by atoms with Crippen LogP contribution in [0.2, 0.25) is 0 Å². The molecule has 1 unspecified atom stereocenters. The van der Waals surface area contributed by atoms with Crippen molar-refractivity contribution < 1.29 is 14.6 Å². The first-order chi connectivity index (χ1) is 9.59. The summed E-state index contributed by atoms with van der Waals surface area (Å²) in [5, 5.41) is 0. The molecule has 0 N–H and O–H groups in total. The summed E-state index contributed by atoms with van der Waals surface area (Å²) in [7, 11) is 0. The maximum absolute atomic E-state index is 12.1. The van der Waals surface area contributed by atoms with Gasteiger partial charge in [-0.3, -0.25) is 4.79 Å². The molecule has 0 amide bonds. The Balaban J connectivity index is 2.72. The minimum absolute atomic E-state index is 0.225. The summed E-state index contributed by atoms with van der Waals surface area (Å²) in [4.78, 5) is 23.2. The molecule has 0 heterocycles. The van der Waals surface area contributed by atoms with Gasteiger partial charge in [0.15, 0.2) is 0 Å². The fourth-order valence-electron chi connectivity index (χ4n) is 1.78. The number of carbonyl (C=O) groups excluding carboxylic acids is 1. The van der Waals surface area contributed by atoms with Gasteiger partial charge in [-0.15, -0.1) is 0 Å². The Bertz CT molecular complexity index is 438. The highest BCUT2D eigenvalue weighted by Crippen LogP contribution is 2.27. The van der Waals surface area contributed by atoms with E-state index >= 15 is 0 Å². The Morgan fingerprint density at radius 2 is 1.62 bits per heavy atom. The highest BCUT2D eigenvalue weighted by Gasteiger charge is 2.24. The SMILES string of the molecule is CC(C)(C)OOC(CCC(=O)C(C)(C)C)c1ccccc1. The topological polar surface area (TPSA) is 35.5 Å². The van der Waals surface area contributed by atoms with Crippen molar-refractivity contribution in [1.29, 1.82) is 0 Å². The third-order valence-corrected chi connectivity index (χ3v) is 3.06. The van der Waals surface area contributed by atoms with Crippen LogP contribution in [0.1, 0.15) is 66.1 Å². The number of Topliss-reactive ketones (excluding diaryl/α,β-unsaturated/α-hetero) is 1. The van der Waals surface area contributed by atoms with Crippen LogP contribution in [0, 0.1) is 5.41 Å². The van der Waals surface area contributed by atoms with Crippen LogP contribution in [-0.2, 0) is 14.6 Å². The average Bonchev–Trinajstić information content (AvgIpc) is 2.37. The van der Waals surface area contributed by atoms with Crippen molar-refractivity contribution >= 4 is 5.78 Å². The quantitative estimate of drug-likeness (QED) is 0.554. The van der Waals surface area contributed by atoms with E-state index < -0.39 is 0 Å². The number of benzene rings is 1. The zero-order valence-corrected chi connectivity index (χ0v) is 14.1. The maximum Gasteiger partial charge on any atom is 0.138 e. The fraction of sp³-hybridized carbons (Fsp3) is 0.611. The zero-order valence-electron chi connectivity index (χ0n) is 14.1. The molecule has 118 valence electrons. The molecule has 0 saturated carbocycles. The normalized spacial score (nSPS) is 14.0. The van der Waals surface area contributed by atoms with E-state index in [0.29, 0.717) is 12.8 Å². The molecule has 3 nitrogen and oxygen atoms in total. The van der Waals surface area contributed by atoms with Crippen molar-refractivity contribution in [1.82, 2.24) is 0 Å². The number of rotatable bonds is 6. The van der Waals surface area contributed by atoms with E-state index in [1.807, 2.05) is 71.9 Å². The van der Waals surface area contributed by atoms with Gasteiger partial charge in [0.25, 0.3) is 0 Å². The lowest BCUT2D eigenvalue weighted by Gasteiger charge is -2.24. The van der Waals surface area contributed by atoms with Crippen LogP contribution in [0.25, 0.3) is 0 Å². The molecule has 1 rings (SSSR count). The molecule has 1 aromatic carbocycles. The Labute approximate surface area is 128 Å². The van der Waals surface area contributed by atoms with Gasteiger partial charge in [-0.05, 0) is 32.8 Å². The number of carbonyl (C=O) groups is 1. The first kappa shape index (κ1) is 17.9. The molecule has 1 atom stereocenters. The summed E-state index contributed by atoms with van der Waals surface area (Å²) in [6, 6.07) is 9.89. The van der Waals surface area contributed by atoms with Gasteiger partial charge in [-0.25, -0.2) is 9.78 Å². The second-order valence-electron chi connectivity index (χ2n) is 7.40. The molecule has 3 heteroatoms. The molecule has 0 spiro atoms. The summed E-state index contributed by atoms with van der Waals surface area (Å²) in [5.41, 5.74) is 0.344. The number of hydrogen-bond donors (Lipinski definition) is 0. The fourth-order valence-corrected chi connectivity index (χ4v) is 1.78. The second-order valence-corrected chi connectivity index (χ2v) is 7.40. The predicted molar refractivity (Wildman–Crippen MR) is 84.8 cm³/mol. The molecule has 0 saturated heterocycles. The Kier molecular flexibility index (Phi) is 6.11. The largest absolute Gasteiger partial charge is 0.299 e. The summed E-state index contributed by atoms with van der Waals surface area (Å²) < 4.78 is 0. The van der Waals surface area contributed by atoms with Gasteiger partial charge in [0.2, 0.25) is 0 Å². The van der Waals surface area contributed by atoms with Crippen LogP contribution < -0.4 is 0 Å². The monoisotopic (exact) mass is 292 g/mol. The Morgan fingerprint density at radius 3 is 2.10 bits per heavy atom. The van der Waals surface area contributed by atoms with Crippen LogP contribution in [0.4, 0.5) is 0 Å². The molecule has 0 aliphatic heterocycles. The molecule has 0 aliphatic carbocycles. The van der Waals surface area contributed by atoms with E-state index in [4.69, 9.17) is 9.78 Å². The van der Waals surface area contributed by atoms with Crippen molar-refractivity contribution in [3.05, 3.63) is 35.9 Å².